The number of imidazole rings is 1. The van der Waals surface area contributed by atoms with Crippen molar-refractivity contribution < 1.29 is 4.74 Å². The quantitative estimate of drug-likeness (QED) is 0.766. The lowest BCUT2D eigenvalue weighted by Gasteiger charge is -2.13. The number of nitrogens with zero attached hydrogens (tertiary/aromatic N) is 2. The molecule has 0 saturated carbocycles. The van der Waals surface area contributed by atoms with Crippen LogP contribution in [-0.4, -0.2) is 16.2 Å². The minimum Gasteiger partial charge on any atom is -0.358 e. The van der Waals surface area contributed by atoms with Crippen molar-refractivity contribution >= 4 is 0 Å². The van der Waals surface area contributed by atoms with Gasteiger partial charge >= 0.3 is 0 Å². The van der Waals surface area contributed by atoms with Gasteiger partial charge in [-0.2, -0.15) is 0 Å². The van der Waals surface area contributed by atoms with Gasteiger partial charge in [-0.15, -0.1) is 0 Å². The van der Waals surface area contributed by atoms with E-state index in [0.29, 0.717) is 5.92 Å². The van der Waals surface area contributed by atoms with Crippen molar-refractivity contribution in [3.63, 3.8) is 0 Å². The van der Waals surface area contributed by atoms with Gasteiger partial charge in [-0.3, -0.25) is 0 Å². The van der Waals surface area contributed by atoms with Crippen LogP contribution in [0.1, 0.15) is 64.1 Å². The minimum absolute atomic E-state index is 0.231. The van der Waals surface area contributed by atoms with Gasteiger partial charge in [-0.05, 0) is 25.7 Å². The molecular weight excluding hydrogens is 200 g/mol. The smallest absolute Gasteiger partial charge is 0.135 e. The zero-order valence-electron chi connectivity index (χ0n) is 11.2. The fraction of sp³-hybridized carbons (Fsp3) is 0.769. The van der Waals surface area contributed by atoms with E-state index in [2.05, 4.69) is 30.3 Å². The number of hydrogen-bond donors (Lipinski definition) is 0. The lowest BCUT2D eigenvalue weighted by molar-refractivity contribution is 0.0550. The number of rotatable bonds is 2. The van der Waals surface area contributed by atoms with Gasteiger partial charge in [0, 0.05) is 12.3 Å². The Morgan fingerprint density at radius 1 is 1.44 bits per heavy atom. The molecule has 0 bridgehead atoms. The second kappa shape index (κ2) is 6.04. The Kier molecular flexibility index (Phi) is 5.00. The fourth-order valence-corrected chi connectivity index (χ4v) is 2.07. The standard InChI is InChI=1S/C11H18N2O.C2H6/c1-8(2)11-9(3)13(7-12-11)10-5-4-6-14-10;1-2/h7-8,10H,4-6H2,1-3H3;1-2H3. The molecule has 2 rings (SSSR count). The van der Waals surface area contributed by atoms with Crippen LogP contribution in [0.5, 0.6) is 0 Å². The highest BCUT2D eigenvalue weighted by Crippen LogP contribution is 2.27. The van der Waals surface area contributed by atoms with E-state index in [1.54, 1.807) is 0 Å². The predicted octanol–water partition coefficient (Wildman–Crippen LogP) is 3.65. The first-order valence-electron chi connectivity index (χ1n) is 6.35. The molecule has 0 radical (unpaired) electrons. The second-order valence-electron chi connectivity index (χ2n) is 4.24. The molecule has 0 amide bonds. The number of aromatic nitrogens is 2. The summed E-state index contributed by atoms with van der Waals surface area (Å²) in [5.74, 6) is 0.498. The van der Waals surface area contributed by atoms with Crippen LogP contribution in [0, 0.1) is 6.92 Å². The van der Waals surface area contributed by atoms with Crippen molar-refractivity contribution in [2.24, 2.45) is 0 Å². The summed E-state index contributed by atoms with van der Waals surface area (Å²) in [6.45, 7) is 11.4. The Balaban J connectivity index is 0.000000606. The van der Waals surface area contributed by atoms with Crippen LogP contribution in [0.2, 0.25) is 0 Å². The second-order valence-corrected chi connectivity index (χ2v) is 4.24. The van der Waals surface area contributed by atoms with E-state index in [1.807, 2.05) is 20.2 Å². The topological polar surface area (TPSA) is 27.1 Å². The number of hydrogen-bond acceptors (Lipinski definition) is 2. The third-order valence-electron chi connectivity index (χ3n) is 2.84. The third-order valence-corrected chi connectivity index (χ3v) is 2.84. The Hall–Kier alpha value is -0.830. The monoisotopic (exact) mass is 224 g/mol. The largest absolute Gasteiger partial charge is 0.358 e. The summed E-state index contributed by atoms with van der Waals surface area (Å²) in [6, 6.07) is 0. The van der Waals surface area contributed by atoms with Crippen LogP contribution in [0.3, 0.4) is 0 Å². The Bertz CT molecular complexity index is 312. The van der Waals surface area contributed by atoms with E-state index >= 15 is 0 Å². The molecule has 2 heterocycles. The molecule has 1 aliphatic rings. The van der Waals surface area contributed by atoms with Gasteiger partial charge in [0.2, 0.25) is 0 Å². The van der Waals surface area contributed by atoms with Crippen molar-refractivity contribution in [1.82, 2.24) is 9.55 Å². The van der Waals surface area contributed by atoms with Crippen molar-refractivity contribution in [3.05, 3.63) is 17.7 Å². The first-order chi connectivity index (χ1) is 7.70. The molecule has 1 aromatic heterocycles. The molecule has 0 N–H and O–H groups in total. The molecule has 3 heteroatoms. The zero-order valence-corrected chi connectivity index (χ0v) is 11.2. The zero-order chi connectivity index (χ0) is 12.1. The van der Waals surface area contributed by atoms with E-state index in [0.717, 1.165) is 13.0 Å². The van der Waals surface area contributed by atoms with Gasteiger partial charge in [-0.1, -0.05) is 27.7 Å². The first-order valence-corrected chi connectivity index (χ1v) is 6.35. The maximum atomic E-state index is 5.64. The number of ether oxygens (including phenoxy) is 1. The van der Waals surface area contributed by atoms with Crippen LogP contribution in [0.15, 0.2) is 6.33 Å². The van der Waals surface area contributed by atoms with Crippen LogP contribution in [-0.2, 0) is 4.74 Å². The summed E-state index contributed by atoms with van der Waals surface area (Å²) in [5, 5.41) is 0. The predicted molar refractivity (Wildman–Crippen MR) is 66.6 cm³/mol. The Labute approximate surface area is 98.8 Å². The van der Waals surface area contributed by atoms with E-state index in [1.165, 1.54) is 17.8 Å². The van der Waals surface area contributed by atoms with Crippen molar-refractivity contribution in [1.29, 1.82) is 0 Å². The Morgan fingerprint density at radius 3 is 2.56 bits per heavy atom. The SMILES string of the molecule is CC.Cc1c(C(C)C)ncn1C1CCCO1. The van der Waals surface area contributed by atoms with Crippen LogP contribution < -0.4 is 0 Å². The normalized spacial score (nSPS) is 19.8. The molecule has 92 valence electrons. The summed E-state index contributed by atoms with van der Waals surface area (Å²) < 4.78 is 7.80. The average molecular weight is 224 g/mol. The van der Waals surface area contributed by atoms with Gasteiger partial charge in [0.05, 0.1) is 12.0 Å². The summed E-state index contributed by atoms with van der Waals surface area (Å²) in [6.07, 6.45) is 4.43. The summed E-state index contributed by atoms with van der Waals surface area (Å²) in [5.41, 5.74) is 2.45. The van der Waals surface area contributed by atoms with Crippen LogP contribution in [0.4, 0.5) is 0 Å². The molecule has 1 fully saturated rings. The maximum Gasteiger partial charge on any atom is 0.135 e. The van der Waals surface area contributed by atoms with E-state index in [4.69, 9.17) is 4.74 Å². The molecule has 0 aromatic carbocycles. The van der Waals surface area contributed by atoms with E-state index in [-0.39, 0.29) is 6.23 Å². The average Bonchev–Trinajstić information content (AvgIpc) is 2.88. The van der Waals surface area contributed by atoms with Gasteiger partial charge in [0.1, 0.15) is 6.23 Å². The molecule has 3 nitrogen and oxygen atoms in total. The van der Waals surface area contributed by atoms with Crippen LogP contribution in [0.25, 0.3) is 0 Å². The van der Waals surface area contributed by atoms with Gasteiger partial charge < -0.3 is 9.30 Å². The highest BCUT2D eigenvalue weighted by molar-refractivity contribution is 5.15. The molecule has 1 atom stereocenters. The van der Waals surface area contributed by atoms with Gasteiger partial charge in [-0.25, -0.2) is 4.98 Å². The van der Waals surface area contributed by atoms with E-state index in [9.17, 15) is 0 Å². The molecule has 16 heavy (non-hydrogen) atoms. The molecule has 0 aliphatic carbocycles. The summed E-state index contributed by atoms with van der Waals surface area (Å²) in [7, 11) is 0. The molecule has 1 unspecified atom stereocenters. The first kappa shape index (κ1) is 13.2. The molecule has 1 aliphatic heterocycles. The minimum atomic E-state index is 0.231. The maximum absolute atomic E-state index is 5.64. The molecule has 0 spiro atoms. The Morgan fingerprint density at radius 2 is 2.12 bits per heavy atom. The van der Waals surface area contributed by atoms with Gasteiger partial charge in [0.25, 0.3) is 0 Å². The van der Waals surface area contributed by atoms with E-state index < -0.39 is 0 Å². The molecular formula is C13H24N2O. The highest BCUT2D eigenvalue weighted by Gasteiger charge is 2.20. The van der Waals surface area contributed by atoms with Crippen LogP contribution >= 0.6 is 0 Å². The third kappa shape index (κ3) is 2.64. The highest BCUT2D eigenvalue weighted by atomic mass is 16.5. The molecule has 1 aromatic rings. The summed E-state index contributed by atoms with van der Waals surface area (Å²) >= 11 is 0. The lowest BCUT2D eigenvalue weighted by Crippen LogP contribution is -2.08. The van der Waals surface area contributed by atoms with Crippen molar-refractivity contribution in [2.75, 3.05) is 6.61 Å². The van der Waals surface area contributed by atoms with Crippen molar-refractivity contribution in [3.8, 4) is 0 Å². The summed E-state index contributed by atoms with van der Waals surface area (Å²) in [4.78, 5) is 4.44. The van der Waals surface area contributed by atoms with Gasteiger partial charge in [0.15, 0.2) is 0 Å². The fourth-order valence-electron chi connectivity index (χ4n) is 2.07. The lowest BCUT2D eigenvalue weighted by atomic mass is 10.1. The van der Waals surface area contributed by atoms with Crippen molar-refractivity contribution in [2.45, 2.75) is 59.6 Å². The molecule has 1 saturated heterocycles.